The van der Waals surface area contributed by atoms with Gasteiger partial charge in [-0.3, -0.25) is 14.3 Å². The summed E-state index contributed by atoms with van der Waals surface area (Å²) in [6, 6.07) is 3.86. The molecule has 0 saturated heterocycles. The van der Waals surface area contributed by atoms with Gasteiger partial charge in [-0.25, -0.2) is 9.97 Å². The second kappa shape index (κ2) is 4.55. The largest absolute Gasteiger partial charge is 0.295 e. The van der Waals surface area contributed by atoms with Gasteiger partial charge >= 0.3 is 0 Å². The first-order valence-corrected chi connectivity index (χ1v) is 6.76. The number of pyridine rings is 1. The Labute approximate surface area is 113 Å². The van der Waals surface area contributed by atoms with E-state index >= 15 is 0 Å². The molecule has 3 rings (SSSR count). The Kier molecular flexibility index (Phi) is 2.87. The van der Waals surface area contributed by atoms with Crippen LogP contribution in [0.2, 0.25) is 0 Å². The van der Waals surface area contributed by atoms with Crippen molar-refractivity contribution in [3.63, 3.8) is 0 Å². The highest BCUT2D eigenvalue weighted by Crippen LogP contribution is 2.26. The highest BCUT2D eigenvalue weighted by molar-refractivity contribution is 7.21. The molecule has 0 unspecified atom stereocenters. The van der Waals surface area contributed by atoms with Gasteiger partial charge in [0.25, 0.3) is 5.56 Å². The monoisotopic (exact) mass is 272 g/mol. The summed E-state index contributed by atoms with van der Waals surface area (Å²) in [6.45, 7) is 3.91. The second-order valence-electron chi connectivity index (χ2n) is 4.46. The number of nitrogens with zero attached hydrogens (tertiary/aromatic N) is 4. The average Bonchev–Trinajstić information content (AvgIpc) is 2.85. The predicted octanol–water partition coefficient (Wildman–Crippen LogP) is 2.50. The molecule has 0 radical (unpaired) electrons. The summed E-state index contributed by atoms with van der Waals surface area (Å²) in [7, 11) is 0. The van der Waals surface area contributed by atoms with Crippen molar-refractivity contribution in [2.45, 2.75) is 19.9 Å². The lowest BCUT2D eigenvalue weighted by molar-refractivity contribution is 0.573. The van der Waals surface area contributed by atoms with Crippen molar-refractivity contribution in [2.75, 3.05) is 0 Å². The van der Waals surface area contributed by atoms with E-state index in [2.05, 4.69) is 15.0 Å². The second-order valence-corrected chi connectivity index (χ2v) is 5.46. The zero-order valence-corrected chi connectivity index (χ0v) is 11.4. The summed E-state index contributed by atoms with van der Waals surface area (Å²) >= 11 is 1.36. The molecule has 0 bridgehead atoms. The molecule has 0 aromatic carbocycles. The van der Waals surface area contributed by atoms with Gasteiger partial charge in [0.2, 0.25) is 0 Å². The molecule has 0 saturated carbocycles. The standard InChI is InChI=1S/C13H12N4OS/c1-8(2)17-7-15-11-10(13(17)18)19-12(16-11)9-4-3-5-14-6-9/h3-8H,1-2H3. The molecule has 6 heteroatoms. The molecule has 0 aliphatic carbocycles. The van der Waals surface area contributed by atoms with E-state index in [-0.39, 0.29) is 11.6 Å². The normalized spacial score (nSPS) is 11.3. The van der Waals surface area contributed by atoms with Crippen molar-refractivity contribution in [1.82, 2.24) is 19.5 Å². The van der Waals surface area contributed by atoms with Crippen molar-refractivity contribution >= 4 is 21.7 Å². The lowest BCUT2D eigenvalue weighted by atomic mass is 10.3. The first-order chi connectivity index (χ1) is 9.16. The number of aromatic nitrogens is 4. The van der Waals surface area contributed by atoms with Crippen LogP contribution in [0.4, 0.5) is 0 Å². The maximum atomic E-state index is 12.3. The molecule has 19 heavy (non-hydrogen) atoms. The molecule has 3 aromatic rings. The molecule has 0 amide bonds. The van der Waals surface area contributed by atoms with E-state index < -0.39 is 0 Å². The van der Waals surface area contributed by atoms with Gasteiger partial charge in [-0.15, -0.1) is 11.3 Å². The third kappa shape index (κ3) is 2.04. The average molecular weight is 272 g/mol. The molecular weight excluding hydrogens is 260 g/mol. The van der Waals surface area contributed by atoms with Crippen LogP contribution in [0.15, 0.2) is 35.6 Å². The van der Waals surface area contributed by atoms with Crippen molar-refractivity contribution in [3.05, 3.63) is 41.2 Å². The Morgan fingerprint density at radius 1 is 1.37 bits per heavy atom. The van der Waals surface area contributed by atoms with E-state index in [4.69, 9.17) is 0 Å². The van der Waals surface area contributed by atoms with Gasteiger partial charge < -0.3 is 0 Å². The van der Waals surface area contributed by atoms with Crippen LogP contribution in [-0.2, 0) is 0 Å². The number of fused-ring (bicyclic) bond motifs is 1. The van der Waals surface area contributed by atoms with Crippen LogP contribution >= 0.6 is 11.3 Å². The maximum Gasteiger partial charge on any atom is 0.273 e. The molecule has 0 aliphatic rings. The molecular formula is C13H12N4OS. The quantitative estimate of drug-likeness (QED) is 0.719. The van der Waals surface area contributed by atoms with Crippen molar-refractivity contribution in [1.29, 1.82) is 0 Å². The fourth-order valence-electron chi connectivity index (χ4n) is 1.81. The van der Waals surface area contributed by atoms with E-state index in [9.17, 15) is 4.79 Å². The highest BCUT2D eigenvalue weighted by Gasteiger charge is 2.13. The molecule has 96 valence electrons. The number of hydrogen-bond acceptors (Lipinski definition) is 5. The first-order valence-electron chi connectivity index (χ1n) is 5.95. The molecule has 5 nitrogen and oxygen atoms in total. The maximum absolute atomic E-state index is 12.3. The molecule has 0 aliphatic heterocycles. The van der Waals surface area contributed by atoms with Crippen molar-refractivity contribution in [3.8, 4) is 10.6 Å². The molecule has 3 aromatic heterocycles. The van der Waals surface area contributed by atoms with E-state index in [1.165, 1.54) is 11.3 Å². The first kappa shape index (κ1) is 12.0. The van der Waals surface area contributed by atoms with Gasteiger partial charge in [0, 0.05) is 24.0 Å². The van der Waals surface area contributed by atoms with Gasteiger partial charge in [-0.05, 0) is 26.0 Å². The van der Waals surface area contributed by atoms with Gasteiger partial charge in [-0.1, -0.05) is 0 Å². The molecule has 0 atom stereocenters. The lowest BCUT2D eigenvalue weighted by Gasteiger charge is -2.07. The third-order valence-electron chi connectivity index (χ3n) is 2.81. The van der Waals surface area contributed by atoms with Crippen molar-refractivity contribution in [2.24, 2.45) is 0 Å². The number of hydrogen-bond donors (Lipinski definition) is 0. The zero-order valence-electron chi connectivity index (χ0n) is 10.6. The summed E-state index contributed by atoms with van der Waals surface area (Å²) in [5.74, 6) is 0. The smallest absolute Gasteiger partial charge is 0.273 e. The van der Waals surface area contributed by atoms with E-state index in [1.807, 2.05) is 26.0 Å². The Balaban J connectivity index is 2.22. The van der Waals surface area contributed by atoms with Gasteiger partial charge in [-0.2, -0.15) is 0 Å². The minimum absolute atomic E-state index is 0.0346. The molecule has 3 heterocycles. The molecule has 0 N–H and O–H groups in total. The van der Waals surface area contributed by atoms with Gasteiger partial charge in [0.05, 0.1) is 0 Å². The Bertz CT molecular complexity index is 776. The summed E-state index contributed by atoms with van der Waals surface area (Å²) < 4.78 is 2.21. The zero-order chi connectivity index (χ0) is 13.4. The van der Waals surface area contributed by atoms with Gasteiger partial charge in [0.15, 0.2) is 5.65 Å². The predicted molar refractivity (Wildman–Crippen MR) is 75.3 cm³/mol. The topological polar surface area (TPSA) is 60.7 Å². The fraction of sp³-hybridized carbons (Fsp3) is 0.231. The van der Waals surface area contributed by atoms with E-state index in [0.717, 1.165) is 10.6 Å². The van der Waals surface area contributed by atoms with Crippen molar-refractivity contribution < 1.29 is 0 Å². The van der Waals surface area contributed by atoms with Crippen LogP contribution in [0.3, 0.4) is 0 Å². The molecule has 0 fully saturated rings. The van der Waals surface area contributed by atoms with Crippen LogP contribution in [0.5, 0.6) is 0 Å². The van der Waals surface area contributed by atoms with Gasteiger partial charge in [0.1, 0.15) is 16.0 Å². The Hall–Kier alpha value is -2.08. The highest BCUT2D eigenvalue weighted by atomic mass is 32.1. The summed E-state index contributed by atoms with van der Waals surface area (Å²) in [5, 5.41) is 0.772. The van der Waals surface area contributed by atoms with Crippen LogP contribution < -0.4 is 5.56 Å². The minimum Gasteiger partial charge on any atom is -0.295 e. The van der Waals surface area contributed by atoms with Crippen LogP contribution in [0, 0.1) is 0 Å². The summed E-state index contributed by atoms with van der Waals surface area (Å²) in [5.41, 5.74) is 1.37. The number of rotatable bonds is 2. The van der Waals surface area contributed by atoms with E-state index in [1.54, 1.807) is 23.3 Å². The molecule has 0 spiro atoms. The third-order valence-corrected chi connectivity index (χ3v) is 3.89. The lowest BCUT2D eigenvalue weighted by Crippen LogP contribution is -2.21. The van der Waals surface area contributed by atoms with Crippen LogP contribution in [-0.4, -0.2) is 19.5 Å². The SMILES string of the molecule is CC(C)n1cnc2nc(-c3cccnc3)sc2c1=O. The summed E-state index contributed by atoms with van der Waals surface area (Å²) in [6.07, 6.45) is 5.00. The van der Waals surface area contributed by atoms with Crippen LogP contribution in [0.1, 0.15) is 19.9 Å². The summed E-state index contributed by atoms with van der Waals surface area (Å²) in [4.78, 5) is 25.0. The fourth-order valence-corrected chi connectivity index (χ4v) is 2.75. The number of thiazole rings is 1. The Morgan fingerprint density at radius 3 is 2.89 bits per heavy atom. The van der Waals surface area contributed by atoms with Crippen LogP contribution in [0.25, 0.3) is 20.9 Å². The minimum atomic E-state index is -0.0346. The Morgan fingerprint density at radius 2 is 2.21 bits per heavy atom. The van der Waals surface area contributed by atoms with E-state index in [0.29, 0.717) is 10.3 Å².